The zero-order valence-corrected chi connectivity index (χ0v) is 27.9. The Morgan fingerprint density at radius 3 is 2.49 bits per heavy atom. The highest BCUT2D eigenvalue weighted by molar-refractivity contribution is 5.98. The molecule has 0 N–H and O–H groups in total. The molecule has 10 nitrogen and oxygen atoms in total. The van der Waals surface area contributed by atoms with E-state index in [1.165, 1.54) is 24.3 Å². The molecular weight excluding hydrogens is 627 g/mol. The van der Waals surface area contributed by atoms with Gasteiger partial charge in [-0.05, 0) is 62.2 Å². The van der Waals surface area contributed by atoms with Gasteiger partial charge in [0.1, 0.15) is 17.3 Å². The van der Waals surface area contributed by atoms with Gasteiger partial charge in [0, 0.05) is 67.0 Å². The predicted octanol–water partition coefficient (Wildman–Crippen LogP) is 6.51. The minimum atomic E-state index is -0.407. The summed E-state index contributed by atoms with van der Waals surface area (Å²) in [6, 6.07) is 14.5. The van der Waals surface area contributed by atoms with Crippen molar-refractivity contribution < 1.29 is 28.1 Å². The van der Waals surface area contributed by atoms with Crippen LogP contribution in [0.15, 0.2) is 84.2 Å². The number of benzene rings is 2. The van der Waals surface area contributed by atoms with Crippen molar-refractivity contribution in [3.05, 3.63) is 107 Å². The number of halogens is 1. The number of fused-ring (bicyclic) bond motifs is 1. The van der Waals surface area contributed by atoms with Crippen molar-refractivity contribution in [3.8, 4) is 34.1 Å². The average molecular weight is 667 g/mol. The topological polar surface area (TPSA) is 105 Å². The lowest BCUT2D eigenvalue weighted by Gasteiger charge is -2.26. The molecule has 254 valence electrons. The van der Waals surface area contributed by atoms with Crippen LogP contribution in [0.3, 0.4) is 0 Å². The quantitative estimate of drug-likeness (QED) is 0.103. The molecule has 0 atom stereocenters. The summed E-state index contributed by atoms with van der Waals surface area (Å²) in [5.74, 6) is 1.44. The monoisotopic (exact) mass is 666 g/mol. The fourth-order valence-corrected chi connectivity index (χ4v) is 5.68. The molecule has 3 aromatic heterocycles. The predicted molar refractivity (Wildman–Crippen MR) is 184 cm³/mol. The first-order valence-corrected chi connectivity index (χ1v) is 16.4. The van der Waals surface area contributed by atoms with Gasteiger partial charge >= 0.3 is 0 Å². The Labute approximate surface area is 284 Å². The Bertz CT molecular complexity index is 1970. The molecule has 6 rings (SSSR count). The van der Waals surface area contributed by atoms with Crippen LogP contribution in [0.5, 0.6) is 23.0 Å². The highest BCUT2D eigenvalue weighted by Gasteiger charge is 2.19. The molecule has 1 aliphatic heterocycles. The number of pyridine rings is 3. The molecule has 1 aliphatic rings. The number of aromatic nitrogens is 3. The first-order chi connectivity index (χ1) is 23.8. The van der Waals surface area contributed by atoms with Gasteiger partial charge in [-0.3, -0.25) is 24.5 Å². The molecule has 0 aliphatic carbocycles. The van der Waals surface area contributed by atoms with Crippen molar-refractivity contribution in [1.82, 2.24) is 19.4 Å². The Kier molecular flexibility index (Phi) is 10.6. The molecule has 0 bridgehead atoms. The Morgan fingerprint density at radius 1 is 0.980 bits per heavy atom. The van der Waals surface area contributed by atoms with Crippen LogP contribution in [0, 0.1) is 5.82 Å². The van der Waals surface area contributed by atoms with Crippen molar-refractivity contribution in [3.63, 3.8) is 0 Å². The van der Waals surface area contributed by atoms with Crippen molar-refractivity contribution in [1.29, 1.82) is 0 Å². The minimum absolute atomic E-state index is 0.00479. The summed E-state index contributed by atoms with van der Waals surface area (Å²) in [5, 5.41) is 0.738. The van der Waals surface area contributed by atoms with E-state index in [0.717, 1.165) is 44.7 Å². The van der Waals surface area contributed by atoms with Crippen LogP contribution in [0.4, 0.5) is 4.39 Å². The summed E-state index contributed by atoms with van der Waals surface area (Å²) in [7, 11) is 1.60. The Balaban J connectivity index is 1.15. The summed E-state index contributed by atoms with van der Waals surface area (Å²) in [6.07, 6.45) is 7.28. The van der Waals surface area contributed by atoms with E-state index < -0.39 is 11.2 Å². The zero-order chi connectivity index (χ0) is 34.3. The number of Topliss-reactive ketones (excluding diaryl/α,β-unsaturated/α-hetero) is 1. The molecule has 0 spiro atoms. The van der Waals surface area contributed by atoms with Gasteiger partial charge in [-0.2, -0.15) is 0 Å². The summed E-state index contributed by atoms with van der Waals surface area (Å²) in [5.41, 5.74) is 1.69. The summed E-state index contributed by atoms with van der Waals surface area (Å²) >= 11 is 0. The molecule has 1 saturated heterocycles. The maximum atomic E-state index is 13.5. The normalized spacial score (nSPS) is 13.5. The van der Waals surface area contributed by atoms with Gasteiger partial charge in [-0.25, -0.2) is 4.39 Å². The van der Waals surface area contributed by atoms with Gasteiger partial charge in [0.15, 0.2) is 22.7 Å². The zero-order valence-electron chi connectivity index (χ0n) is 27.9. The minimum Gasteiger partial charge on any atom is -0.493 e. The first-order valence-electron chi connectivity index (χ1n) is 16.4. The number of hydrogen-bond acceptors (Lipinski definition) is 9. The second kappa shape index (κ2) is 15.4. The maximum Gasteiger partial charge on any atom is 0.200 e. The number of nitrogens with zero attached hydrogens (tertiary/aromatic N) is 4. The standard InChI is InChI=1S/C38H39FN4O6/c1-25(2)43-23-31(26-5-7-27(39)8-6-26)38(45)32(24-43)34(44)19-28-9-10-29(22-41-28)49-35-11-12-40-33-21-37(36(46-3)20-30(33)35)48-16-4-13-42-14-17-47-18-15-42/h5-12,20-25H,4,13-19H2,1-3H3. The van der Waals surface area contributed by atoms with Crippen LogP contribution in [0.2, 0.25) is 0 Å². The van der Waals surface area contributed by atoms with Crippen LogP contribution < -0.4 is 19.6 Å². The second-order valence-corrected chi connectivity index (χ2v) is 12.1. The van der Waals surface area contributed by atoms with E-state index in [1.807, 2.05) is 30.5 Å². The van der Waals surface area contributed by atoms with E-state index in [2.05, 4.69) is 14.9 Å². The largest absolute Gasteiger partial charge is 0.493 e. The molecule has 1 fully saturated rings. The fraction of sp³-hybridized carbons (Fsp3) is 0.316. The van der Waals surface area contributed by atoms with Crippen LogP contribution in [-0.4, -0.2) is 71.8 Å². The van der Waals surface area contributed by atoms with E-state index in [4.69, 9.17) is 18.9 Å². The van der Waals surface area contributed by atoms with Gasteiger partial charge in [-0.1, -0.05) is 12.1 Å². The number of hydrogen-bond donors (Lipinski definition) is 0. The molecule has 0 unspecified atom stereocenters. The molecule has 4 heterocycles. The van der Waals surface area contributed by atoms with E-state index >= 15 is 0 Å². The van der Waals surface area contributed by atoms with Crippen molar-refractivity contribution in [2.75, 3.05) is 46.6 Å². The number of carbonyl (C=O) groups is 1. The van der Waals surface area contributed by atoms with Gasteiger partial charge in [0.05, 0.1) is 50.6 Å². The second-order valence-electron chi connectivity index (χ2n) is 12.1. The third-order valence-electron chi connectivity index (χ3n) is 8.43. The third kappa shape index (κ3) is 8.13. The maximum absolute atomic E-state index is 13.5. The third-order valence-corrected chi connectivity index (χ3v) is 8.43. The van der Waals surface area contributed by atoms with E-state index in [9.17, 15) is 14.0 Å². The van der Waals surface area contributed by atoms with Crippen LogP contribution in [0.1, 0.15) is 42.4 Å². The van der Waals surface area contributed by atoms with Crippen molar-refractivity contribution >= 4 is 16.7 Å². The van der Waals surface area contributed by atoms with Crippen molar-refractivity contribution in [2.45, 2.75) is 32.7 Å². The van der Waals surface area contributed by atoms with Crippen LogP contribution in [0.25, 0.3) is 22.0 Å². The SMILES string of the molecule is COc1cc2c(Oc3ccc(CC(=O)c4cn(C(C)C)cc(-c5ccc(F)cc5)c4=O)nc3)ccnc2cc1OCCCN1CCOCC1. The molecule has 5 aromatic rings. The number of methoxy groups -OCH3 is 1. The van der Waals surface area contributed by atoms with E-state index in [0.29, 0.717) is 51.9 Å². The molecule has 0 saturated carbocycles. The smallest absolute Gasteiger partial charge is 0.200 e. The van der Waals surface area contributed by atoms with E-state index in [1.54, 1.807) is 50.1 Å². The van der Waals surface area contributed by atoms with Gasteiger partial charge in [0.2, 0.25) is 0 Å². The highest BCUT2D eigenvalue weighted by atomic mass is 19.1. The summed E-state index contributed by atoms with van der Waals surface area (Å²) < 4.78 is 38.7. The lowest BCUT2D eigenvalue weighted by atomic mass is 10.0. The number of morpholine rings is 1. The van der Waals surface area contributed by atoms with Gasteiger partial charge in [-0.15, -0.1) is 0 Å². The fourth-order valence-electron chi connectivity index (χ4n) is 5.68. The number of ketones is 1. The molecule has 0 radical (unpaired) electrons. The molecule has 49 heavy (non-hydrogen) atoms. The number of carbonyl (C=O) groups excluding carboxylic acids is 1. The van der Waals surface area contributed by atoms with Crippen LogP contribution >= 0.6 is 0 Å². The first kappa shape index (κ1) is 33.8. The van der Waals surface area contributed by atoms with Gasteiger partial charge < -0.3 is 23.5 Å². The van der Waals surface area contributed by atoms with E-state index in [-0.39, 0.29) is 23.8 Å². The Hall–Kier alpha value is -5.13. The molecule has 11 heteroatoms. The van der Waals surface area contributed by atoms with Gasteiger partial charge in [0.25, 0.3) is 0 Å². The molecule has 2 aromatic carbocycles. The average Bonchev–Trinajstić information content (AvgIpc) is 3.11. The number of ether oxygens (including phenoxy) is 4. The van der Waals surface area contributed by atoms with Crippen LogP contribution in [-0.2, 0) is 11.2 Å². The highest BCUT2D eigenvalue weighted by Crippen LogP contribution is 2.37. The number of rotatable bonds is 13. The summed E-state index contributed by atoms with van der Waals surface area (Å²) in [6.45, 7) is 8.83. The lowest BCUT2D eigenvalue weighted by Crippen LogP contribution is -2.37. The lowest BCUT2D eigenvalue weighted by molar-refractivity contribution is 0.0357. The summed E-state index contributed by atoms with van der Waals surface area (Å²) in [4.78, 5) is 38.2. The molecule has 0 amide bonds. The molecular formula is C38H39FN4O6. The van der Waals surface area contributed by atoms with Crippen molar-refractivity contribution in [2.24, 2.45) is 0 Å². The Morgan fingerprint density at radius 2 is 1.78 bits per heavy atom.